The second-order valence-electron chi connectivity index (χ2n) is 6.99. The summed E-state index contributed by atoms with van der Waals surface area (Å²) in [6.07, 6.45) is 0.334. The van der Waals surface area contributed by atoms with Crippen LogP contribution >= 0.6 is 11.6 Å². The molecule has 2 aromatic rings. The van der Waals surface area contributed by atoms with Gasteiger partial charge in [0.2, 0.25) is 6.79 Å². The fraction of sp³-hybridized carbons (Fsp3) is 0.381. The topological polar surface area (TPSA) is 63.3 Å². The van der Waals surface area contributed by atoms with Gasteiger partial charge in [-0.15, -0.1) is 0 Å². The summed E-state index contributed by atoms with van der Waals surface area (Å²) in [5.41, 5.74) is 1.79. The molecule has 0 unspecified atom stereocenters. The van der Waals surface area contributed by atoms with Crippen LogP contribution in [0, 0.1) is 0 Å². The highest BCUT2D eigenvalue weighted by Crippen LogP contribution is 2.34. The van der Waals surface area contributed by atoms with Gasteiger partial charge in [0.1, 0.15) is 0 Å². The van der Waals surface area contributed by atoms with Crippen molar-refractivity contribution in [1.29, 1.82) is 0 Å². The standard InChI is InChI=1S/C21H24ClN3O4/c22-16-3-1-4-18(13-16)25-10-8-24(9-11-25)7-2-12-27-21(26)23-17-5-6-19-20(14-17)29-15-28-19/h1,3-6,13-14H,2,7-12,15H2,(H,23,26). The number of rotatable bonds is 6. The lowest BCUT2D eigenvalue weighted by Gasteiger charge is -2.36. The van der Waals surface area contributed by atoms with E-state index in [1.165, 1.54) is 5.69 Å². The minimum atomic E-state index is -0.463. The Hall–Kier alpha value is -2.64. The Morgan fingerprint density at radius 2 is 1.90 bits per heavy atom. The number of anilines is 2. The molecular formula is C21H24ClN3O4. The molecular weight excluding hydrogens is 394 g/mol. The van der Waals surface area contributed by atoms with Crippen LogP contribution in [0.5, 0.6) is 11.5 Å². The van der Waals surface area contributed by atoms with Crippen LogP contribution in [0.1, 0.15) is 6.42 Å². The Labute approximate surface area is 175 Å². The minimum absolute atomic E-state index is 0.205. The fourth-order valence-electron chi connectivity index (χ4n) is 3.48. The molecule has 1 amide bonds. The SMILES string of the molecule is O=C(Nc1ccc2c(c1)OCO2)OCCCN1CCN(c2cccc(Cl)c2)CC1. The molecule has 2 aliphatic heterocycles. The molecule has 4 rings (SSSR count). The molecule has 0 radical (unpaired) electrons. The zero-order chi connectivity index (χ0) is 20.1. The third-order valence-corrected chi connectivity index (χ3v) is 5.25. The van der Waals surface area contributed by atoms with Crippen molar-refractivity contribution in [2.45, 2.75) is 6.42 Å². The van der Waals surface area contributed by atoms with E-state index in [0.29, 0.717) is 23.8 Å². The number of hydrogen-bond donors (Lipinski definition) is 1. The Bertz CT molecular complexity index is 856. The largest absolute Gasteiger partial charge is 0.454 e. The van der Waals surface area contributed by atoms with E-state index in [2.05, 4.69) is 21.2 Å². The summed E-state index contributed by atoms with van der Waals surface area (Å²) in [6, 6.07) is 13.2. The first-order valence-electron chi connectivity index (χ1n) is 9.74. The smallest absolute Gasteiger partial charge is 0.411 e. The Morgan fingerprint density at radius 1 is 1.07 bits per heavy atom. The van der Waals surface area contributed by atoms with Gasteiger partial charge in [-0.25, -0.2) is 4.79 Å². The van der Waals surface area contributed by atoms with Gasteiger partial charge in [-0.1, -0.05) is 17.7 Å². The lowest BCUT2D eigenvalue weighted by molar-refractivity contribution is 0.151. The third-order valence-electron chi connectivity index (χ3n) is 5.02. The summed E-state index contributed by atoms with van der Waals surface area (Å²) >= 11 is 6.08. The lowest BCUT2D eigenvalue weighted by atomic mass is 10.2. The second-order valence-corrected chi connectivity index (χ2v) is 7.43. The van der Waals surface area contributed by atoms with Gasteiger partial charge >= 0.3 is 6.09 Å². The fourth-order valence-corrected chi connectivity index (χ4v) is 3.67. The molecule has 7 nitrogen and oxygen atoms in total. The van der Waals surface area contributed by atoms with Gasteiger partial charge in [0.25, 0.3) is 0 Å². The van der Waals surface area contributed by atoms with Crippen LogP contribution in [0.2, 0.25) is 5.02 Å². The van der Waals surface area contributed by atoms with Crippen molar-refractivity contribution < 1.29 is 19.0 Å². The first kappa shape index (κ1) is 19.7. The summed E-state index contributed by atoms with van der Waals surface area (Å²) in [4.78, 5) is 16.7. The molecule has 1 N–H and O–H groups in total. The molecule has 2 heterocycles. The van der Waals surface area contributed by atoms with Crippen LogP contribution in [-0.4, -0.2) is 57.1 Å². The Kier molecular flexibility index (Phi) is 6.27. The van der Waals surface area contributed by atoms with Crippen molar-refractivity contribution in [1.82, 2.24) is 4.90 Å². The van der Waals surface area contributed by atoms with E-state index in [1.807, 2.05) is 18.2 Å². The van der Waals surface area contributed by atoms with Crippen molar-refractivity contribution in [3.63, 3.8) is 0 Å². The van der Waals surface area contributed by atoms with Gasteiger partial charge in [-0.05, 0) is 36.8 Å². The summed E-state index contributed by atoms with van der Waals surface area (Å²) < 4.78 is 15.8. The van der Waals surface area contributed by atoms with Crippen LogP contribution in [0.25, 0.3) is 0 Å². The maximum Gasteiger partial charge on any atom is 0.411 e. The molecule has 1 saturated heterocycles. The van der Waals surface area contributed by atoms with Gasteiger partial charge in [-0.3, -0.25) is 10.2 Å². The molecule has 29 heavy (non-hydrogen) atoms. The van der Waals surface area contributed by atoms with Crippen molar-refractivity contribution in [2.75, 3.05) is 56.3 Å². The van der Waals surface area contributed by atoms with E-state index >= 15 is 0 Å². The highest BCUT2D eigenvalue weighted by molar-refractivity contribution is 6.30. The van der Waals surface area contributed by atoms with Crippen molar-refractivity contribution in [3.05, 3.63) is 47.5 Å². The number of fused-ring (bicyclic) bond motifs is 1. The summed E-state index contributed by atoms with van der Waals surface area (Å²) in [5.74, 6) is 1.30. The molecule has 0 atom stereocenters. The monoisotopic (exact) mass is 417 g/mol. The third kappa shape index (κ3) is 5.25. The number of piperazine rings is 1. The first-order chi connectivity index (χ1) is 14.2. The van der Waals surface area contributed by atoms with Gasteiger partial charge in [0.05, 0.1) is 6.61 Å². The molecule has 8 heteroatoms. The predicted octanol–water partition coefficient (Wildman–Crippen LogP) is 3.83. The number of halogens is 1. The zero-order valence-corrected chi connectivity index (χ0v) is 16.9. The van der Waals surface area contributed by atoms with Gasteiger partial charge in [-0.2, -0.15) is 0 Å². The van der Waals surface area contributed by atoms with E-state index < -0.39 is 6.09 Å². The Morgan fingerprint density at radius 3 is 2.72 bits per heavy atom. The number of hydrogen-bond acceptors (Lipinski definition) is 6. The van der Waals surface area contributed by atoms with Crippen LogP contribution in [0.15, 0.2) is 42.5 Å². The number of nitrogens with zero attached hydrogens (tertiary/aromatic N) is 2. The predicted molar refractivity (Wildman–Crippen MR) is 112 cm³/mol. The van der Waals surface area contributed by atoms with Crippen LogP contribution in [0.3, 0.4) is 0 Å². The second kappa shape index (κ2) is 9.24. The average Bonchev–Trinajstić information content (AvgIpc) is 3.19. The molecule has 0 aromatic heterocycles. The van der Waals surface area contributed by atoms with Crippen LogP contribution < -0.4 is 19.7 Å². The van der Waals surface area contributed by atoms with Gasteiger partial charge in [0.15, 0.2) is 11.5 Å². The lowest BCUT2D eigenvalue weighted by Crippen LogP contribution is -2.46. The number of benzene rings is 2. The van der Waals surface area contributed by atoms with E-state index in [4.69, 9.17) is 25.8 Å². The molecule has 1 fully saturated rings. The number of ether oxygens (including phenoxy) is 3. The number of carbonyl (C=O) groups excluding carboxylic acids is 1. The minimum Gasteiger partial charge on any atom is -0.454 e. The van der Waals surface area contributed by atoms with Crippen molar-refractivity contribution in [3.8, 4) is 11.5 Å². The highest BCUT2D eigenvalue weighted by Gasteiger charge is 2.17. The number of carbonyl (C=O) groups is 1. The molecule has 0 saturated carbocycles. The maximum atomic E-state index is 12.0. The molecule has 2 aliphatic rings. The molecule has 0 aliphatic carbocycles. The maximum absolute atomic E-state index is 12.0. The van der Waals surface area contributed by atoms with E-state index in [9.17, 15) is 4.79 Å². The van der Waals surface area contributed by atoms with Crippen LogP contribution in [-0.2, 0) is 4.74 Å². The first-order valence-corrected chi connectivity index (χ1v) is 10.1. The quantitative estimate of drug-likeness (QED) is 0.721. The molecule has 0 spiro atoms. The number of nitrogens with one attached hydrogen (secondary N) is 1. The van der Waals surface area contributed by atoms with E-state index in [0.717, 1.165) is 44.2 Å². The Balaban J connectivity index is 1.13. The van der Waals surface area contributed by atoms with Crippen molar-refractivity contribution >= 4 is 29.1 Å². The highest BCUT2D eigenvalue weighted by atomic mass is 35.5. The summed E-state index contributed by atoms with van der Waals surface area (Å²) in [6.45, 7) is 5.38. The van der Waals surface area contributed by atoms with Crippen LogP contribution in [0.4, 0.5) is 16.2 Å². The average molecular weight is 418 g/mol. The molecule has 2 aromatic carbocycles. The van der Waals surface area contributed by atoms with E-state index in [1.54, 1.807) is 18.2 Å². The van der Waals surface area contributed by atoms with Gasteiger partial charge < -0.3 is 19.1 Å². The normalized spacial score (nSPS) is 16.0. The van der Waals surface area contributed by atoms with Gasteiger partial charge in [0, 0.05) is 55.2 Å². The molecule has 154 valence electrons. The zero-order valence-electron chi connectivity index (χ0n) is 16.1. The summed E-state index contributed by atoms with van der Waals surface area (Å²) in [7, 11) is 0. The number of amides is 1. The molecule has 0 bridgehead atoms. The van der Waals surface area contributed by atoms with Crippen molar-refractivity contribution in [2.24, 2.45) is 0 Å². The summed E-state index contributed by atoms with van der Waals surface area (Å²) in [5, 5.41) is 3.48. The van der Waals surface area contributed by atoms with E-state index in [-0.39, 0.29) is 6.79 Å².